The van der Waals surface area contributed by atoms with Gasteiger partial charge in [0.15, 0.2) is 6.10 Å². The zero-order valence-corrected chi connectivity index (χ0v) is 15.5. The number of carbonyl (C=O) groups excluding carboxylic acids is 2. The first-order valence-electron chi connectivity index (χ1n) is 8.52. The summed E-state index contributed by atoms with van der Waals surface area (Å²) >= 11 is 1.55. The highest BCUT2D eigenvalue weighted by Gasteiger charge is 2.21. The number of fused-ring (bicyclic) bond motifs is 1. The molecule has 2 heterocycles. The first-order valence-corrected chi connectivity index (χ1v) is 9.40. The average Bonchev–Trinajstić information content (AvgIpc) is 3.19. The SMILES string of the molecule is CCCNC(=O)[C@H](C)OC(=O)c1cc(-c2cccs2)nc2ccccc12. The van der Waals surface area contributed by atoms with E-state index in [0.717, 1.165) is 11.3 Å². The molecule has 0 aliphatic heterocycles. The minimum atomic E-state index is -0.855. The lowest BCUT2D eigenvalue weighted by Gasteiger charge is -2.14. The standard InChI is InChI=1S/C20H20N2O3S/c1-3-10-21-19(23)13(2)25-20(24)15-12-17(18-9-6-11-26-18)22-16-8-5-4-7-14(15)16/h4-9,11-13H,3,10H2,1-2H3,(H,21,23)/t13-/m0/s1. The van der Waals surface area contributed by atoms with Gasteiger partial charge in [-0.05, 0) is 36.9 Å². The highest BCUT2D eigenvalue weighted by Crippen LogP contribution is 2.28. The van der Waals surface area contributed by atoms with Crippen LogP contribution in [0.25, 0.3) is 21.5 Å². The van der Waals surface area contributed by atoms with Gasteiger partial charge < -0.3 is 10.1 Å². The van der Waals surface area contributed by atoms with E-state index in [1.54, 1.807) is 24.3 Å². The van der Waals surface area contributed by atoms with Crippen LogP contribution >= 0.6 is 11.3 Å². The fourth-order valence-electron chi connectivity index (χ4n) is 2.56. The van der Waals surface area contributed by atoms with Gasteiger partial charge in [0.1, 0.15) is 0 Å². The third kappa shape index (κ3) is 3.91. The van der Waals surface area contributed by atoms with Crippen LogP contribution in [0.15, 0.2) is 47.8 Å². The van der Waals surface area contributed by atoms with Crippen molar-refractivity contribution in [1.29, 1.82) is 0 Å². The Morgan fingerprint density at radius 2 is 2.04 bits per heavy atom. The van der Waals surface area contributed by atoms with Crippen molar-refractivity contribution in [2.24, 2.45) is 0 Å². The predicted octanol–water partition coefficient (Wildman–Crippen LogP) is 4.03. The second kappa shape index (κ2) is 8.10. The monoisotopic (exact) mass is 368 g/mol. The Morgan fingerprint density at radius 3 is 2.77 bits per heavy atom. The molecule has 6 heteroatoms. The van der Waals surface area contributed by atoms with E-state index >= 15 is 0 Å². The summed E-state index contributed by atoms with van der Waals surface area (Å²) < 4.78 is 5.40. The van der Waals surface area contributed by atoms with Crippen molar-refractivity contribution in [2.45, 2.75) is 26.4 Å². The number of nitrogens with zero attached hydrogens (tertiary/aromatic N) is 1. The van der Waals surface area contributed by atoms with Gasteiger partial charge in [-0.3, -0.25) is 4.79 Å². The Hall–Kier alpha value is -2.73. The molecule has 3 rings (SSSR count). The smallest absolute Gasteiger partial charge is 0.339 e. The lowest BCUT2D eigenvalue weighted by atomic mass is 10.1. The van der Waals surface area contributed by atoms with E-state index < -0.39 is 12.1 Å². The Kier molecular flexibility index (Phi) is 5.63. The number of aromatic nitrogens is 1. The summed E-state index contributed by atoms with van der Waals surface area (Å²) in [4.78, 5) is 30.3. The van der Waals surface area contributed by atoms with Gasteiger partial charge in [-0.1, -0.05) is 31.2 Å². The lowest BCUT2D eigenvalue weighted by molar-refractivity contribution is -0.129. The maximum atomic E-state index is 12.7. The van der Waals surface area contributed by atoms with Crippen LogP contribution in [0.3, 0.4) is 0 Å². The number of hydrogen-bond acceptors (Lipinski definition) is 5. The summed E-state index contributed by atoms with van der Waals surface area (Å²) in [6.45, 7) is 4.10. The molecule has 0 fully saturated rings. The molecule has 0 spiro atoms. The average molecular weight is 368 g/mol. The van der Waals surface area contributed by atoms with Crippen LogP contribution in [0, 0.1) is 0 Å². The van der Waals surface area contributed by atoms with Crippen LogP contribution in [0.4, 0.5) is 0 Å². The number of carbonyl (C=O) groups is 2. The fourth-order valence-corrected chi connectivity index (χ4v) is 3.25. The summed E-state index contributed by atoms with van der Waals surface area (Å²) in [5.41, 5.74) is 1.84. The van der Waals surface area contributed by atoms with E-state index in [1.807, 2.05) is 48.7 Å². The molecule has 134 valence electrons. The van der Waals surface area contributed by atoms with E-state index in [0.29, 0.717) is 28.7 Å². The largest absolute Gasteiger partial charge is 0.449 e. The first kappa shape index (κ1) is 18.1. The minimum Gasteiger partial charge on any atom is -0.449 e. The molecule has 2 aromatic heterocycles. The third-order valence-electron chi connectivity index (χ3n) is 3.91. The van der Waals surface area contributed by atoms with Crippen molar-refractivity contribution < 1.29 is 14.3 Å². The third-order valence-corrected chi connectivity index (χ3v) is 4.80. The molecule has 1 aromatic carbocycles. The summed E-state index contributed by atoms with van der Waals surface area (Å²) in [7, 11) is 0. The number of esters is 1. The Bertz CT molecular complexity index is 922. The maximum absolute atomic E-state index is 12.7. The molecule has 0 aliphatic rings. The van der Waals surface area contributed by atoms with Crippen LogP contribution < -0.4 is 5.32 Å². The molecule has 0 unspecified atom stereocenters. The molecule has 0 radical (unpaired) electrons. The van der Waals surface area contributed by atoms with E-state index in [1.165, 1.54) is 0 Å². The van der Waals surface area contributed by atoms with Crippen molar-refractivity contribution in [2.75, 3.05) is 6.54 Å². The van der Waals surface area contributed by atoms with Crippen molar-refractivity contribution in [3.05, 3.63) is 53.4 Å². The molecule has 26 heavy (non-hydrogen) atoms. The van der Waals surface area contributed by atoms with Gasteiger partial charge in [-0.25, -0.2) is 9.78 Å². The summed E-state index contributed by atoms with van der Waals surface area (Å²) in [5.74, 6) is -0.822. The molecule has 1 atom stereocenters. The Balaban J connectivity index is 1.93. The molecular weight excluding hydrogens is 348 g/mol. The molecule has 0 saturated heterocycles. The van der Waals surface area contributed by atoms with Gasteiger partial charge in [-0.15, -0.1) is 11.3 Å². The van der Waals surface area contributed by atoms with Crippen LogP contribution in [0.1, 0.15) is 30.6 Å². The minimum absolute atomic E-state index is 0.294. The second-order valence-electron chi connectivity index (χ2n) is 5.89. The maximum Gasteiger partial charge on any atom is 0.339 e. The predicted molar refractivity (Wildman–Crippen MR) is 103 cm³/mol. The summed E-state index contributed by atoms with van der Waals surface area (Å²) in [6.07, 6.45) is -0.0304. The second-order valence-corrected chi connectivity index (χ2v) is 6.84. The highest BCUT2D eigenvalue weighted by molar-refractivity contribution is 7.13. The topological polar surface area (TPSA) is 68.3 Å². The summed E-state index contributed by atoms with van der Waals surface area (Å²) in [5, 5.41) is 5.40. The van der Waals surface area contributed by atoms with Gasteiger partial charge >= 0.3 is 5.97 Å². The van der Waals surface area contributed by atoms with Gasteiger partial charge in [-0.2, -0.15) is 0 Å². The number of ether oxygens (including phenoxy) is 1. The molecule has 1 N–H and O–H groups in total. The van der Waals surface area contributed by atoms with Crippen LogP contribution in [0.5, 0.6) is 0 Å². The lowest BCUT2D eigenvalue weighted by Crippen LogP contribution is -2.36. The van der Waals surface area contributed by atoms with Crippen molar-refractivity contribution in [3.8, 4) is 10.6 Å². The van der Waals surface area contributed by atoms with E-state index in [-0.39, 0.29) is 5.91 Å². The number of amides is 1. The van der Waals surface area contributed by atoms with Crippen LogP contribution in [0.2, 0.25) is 0 Å². The zero-order valence-electron chi connectivity index (χ0n) is 14.7. The zero-order chi connectivity index (χ0) is 18.5. The number of nitrogens with one attached hydrogen (secondary N) is 1. The van der Waals surface area contributed by atoms with Crippen molar-refractivity contribution >= 4 is 34.1 Å². The number of benzene rings is 1. The molecule has 5 nitrogen and oxygen atoms in total. The molecule has 3 aromatic rings. The number of thiophene rings is 1. The molecule has 0 bridgehead atoms. The van der Waals surface area contributed by atoms with Gasteiger partial charge in [0, 0.05) is 11.9 Å². The highest BCUT2D eigenvalue weighted by atomic mass is 32.1. The number of para-hydroxylation sites is 1. The normalized spacial score (nSPS) is 11.9. The number of rotatable bonds is 6. The number of hydrogen-bond donors (Lipinski definition) is 1. The molecule has 0 aliphatic carbocycles. The van der Waals surface area contributed by atoms with Gasteiger partial charge in [0.25, 0.3) is 5.91 Å². The Labute approximate surface area is 156 Å². The number of pyridine rings is 1. The van der Waals surface area contributed by atoms with E-state index in [4.69, 9.17) is 4.74 Å². The van der Waals surface area contributed by atoms with Gasteiger partial charge in [0.2, 0.25) is 0 Å². The fraction of sp³-hybridized carbons (Fsp3) is 0.250. The molecule has 1 amide bonds. The van der Waals surface area contributed by atoms with E-state index in [2.05, 4.69) is 10.3 Å². The van der Waals surface area contributed by atoms with Crippen molar-refractivity contribution in [3.63, 3.8) is 0 Å². The van der Waals surface area contributed by atoms with Crippen LogP contribution in [-0.4, -0.2) is 29.5 Å². The molecule has 0 saturated carbocycles. The Morgan fingerprint density at radius 1 is 1.23 bits per heavy atom. The first-order chi connectivity index (χ1) is 12.6. The van der Waals surface area contributed by atoms with Crippen molar-refractivity contribution in [1.82, 2.24) is 10.3 Å². The van der Waals surface area contributed by atoms with Gasteiger partial charge in [0.05, 0.1) is 21.7 Å². The van der Waals surface area contributed by atoms with E-state index in [9.17, 15) is 9.59 Å². The molecular formula is C20H20N2O3S. The summed E-state index contributed by atoms with van der Waals surface area (Å²) in [6, 6.07) is 13.0. The van der Waals surface area contributed by atoms with Crippen LogP contribution in [-0.2, 0) is 9.53 Å². The quantitative estimate of drug-likeness (QED) is 0.667.